The van der Waals surface area contributed by atoms with Gasteiger partial charge < -0.3 is 9.80 Å². The normalized spacial score (nSPS) is 18.8. The van der Waals surface area contributed by atoms with Crippen LogP contribution >= 0.6 is 11.3 Å². The van der Waals surface area contributed by atoms with E-state index in [9.17, 15) is 0 Å². The molecule has 0 radical (unpaired) electrons. The third kappa shape index (κ3) is 3.68. The Morgan fingerprint density at radius 3 is 2.61 bits per heavy atom. The molecule has 31 heavy (non-hydrogen) atoms. The number of rotatable bonds is 3. The summed E-state index contributed by atoms with van der Waals surface area (Å²) in [5.41, 5.74) is 4.12. The molecule has 2 saturated heterocycles. The molecule has 0 saturated carbocycles. The first kappa shape index (κ1) is 19.1. The molecule has 0 amide bonds. The van der Waals surface area contributed by atoms with E-state index in [1.54, 1.807) is 11.3 Å². The van der Waals surface area contributed by atoms with Crippen LogP contribution in [0.2, 0.25) is 0 Å². The molecule has 0 bridgehead atoms. The van der Waals surface area contributed by atoms with Gasteiger partial charge in [0.25, 0.3) is 0 Å². The molecule has 158 valence electrons. The van der Waals surface area contributed by atoms with Gasteiger partial charge in [-0.1, -0.05) is 42.0 Å². The molecule has 6 rings (SSSR count). The predicted molar refractivity (Wildman–Crippen MR) is 129 cm³/mol. The number of aromatic nitrogens is 3. The fraction of sp³-hybridized carbons (Fsp3) is 0.400. The van der Waals surface area contributed by atoms with Crippen LogP contribution in [-0.4, -0.2) is 52.1 Å². The average Bonchev–Trinajstić information content (AvgIpc) is 3.28. The Morgan fingerprint density at radius 2 is 1.74 bits per heavy atom. The monoisotopic (exact) mass is 429 g/mol. The number of hydrogen-bond donors (Lipinski definition) is 0. The third-order valence-corrected chi connectivity index (χ3v) is 7.87. The maximum atomic E-state index is 4.88. The molecule has 5 heterocycles. The third-order valence-electron chi connectivity index (χ3n) is 6.82. The molecular weight excluding hydrogens is 402 g/mol. The number of anilines is 1. The summed E-state index contributed by atoms with van der Waals surface area (Å²) < 4.78 is 1.15. The van der Waals surface area contributed by atoms with Gasteiger partial charge in [0, 0.05) is 48.0 Å². The van der Waals surface area contributed by atoms with E-state index in [-0.39, 0.29) is 0 Å². The van der Waals surface area contributed by atoms with E-state index in [2.05, 4.69) is 45.1 Å². The van der Waals surface area contributed by atoms with Crippen molar-refractivity contribution in [2.45, 2.75) is 38.1 Å². The highest BCUT2D eigenvalue weighted by atomic mass is 32.1. The number of hydrogen-bond acceptors (Lipinski definition) is 6. The van der Waals surface area contributed by atoms with Crippen molar-refractivity contribution in [1.82, 2.24) is 19.9 Å². The van der Waals surface area contributed by atoms with Crippen LogP contribution < -0.4 is 4.90 Å². The molecule has 0 aliphatic carbocycles. The summed E-state index contributed by atoms with van der Waals surface area (Å²) in [6.45, 7) is 4.78. The van der Waals surface area contributed by atoms with Gasteiger partial charge in [-0.25, -0.2) is 4.98 Å². The number of thiazole rings is 1. The van der Waals surface area contributed by atoms with Gasteiger partial charge in [-0.15, -0.1) is 0 Å². The number of piperidine rings is 2. The highest BCUT2D eigenvalue weighted by Crippen LogP contribution is 2.34. The maximum Gasteiger partial charge on any atom is 0.188 e. The fourth-order valence-corrected chi connectivity index (χ4v) is 6.15. The van der Waals surface area contributed by atoms with Gasteiger partial charge in [0.1, 0.15) is 0 Å². The quantitative estimate of drug-likeness (QED) is 0.439. The van der Waals surface area contributed by atoms with Crippen LogP contribution in [0.25, 0.3) is 32.4 Å². The molecule has 6 heteroatoms. The van der Waals surface area contributed by atoms with Crippen LogP contribution in [0.5, 0.6) is 0 Å². The SMILES string of the molecule is c1cnc2c(-c3cnc4nc(N5CCC(N6CCCCC6)CC5)sc4c3)cccc2c1. The largest absolute Gasteiger partial charge is 0.348 e. The topological polar surface area (TPSA) is 45.2 Å². The van der Waals surface area contributed by atoms with E-state index >= 15 is 0 Å². The lowest BCUT2D eigenvalue weighted by Crippen LogP contribution is -2.46. The lowest BCUT2D eigenvalue weighted by molar-refractivity contribution is 0.141. The van der Waals surface area contributed by atoms with Crippen LogP contribution in [0.1, 0.15) is 32.1 Å². The molecule has 2 aliphatic rings. The lowest BCUT2D eigenvalue weighted by Gasteiger charge is -2.40. The minimum absolute atomic E-state index is 0.759. The summed E-state index contributed by atoms with van der Waals surface area (Å²) in [6, 6.07) is 13.4. The van der Waals surface area contributed by atoms with Gasteiger partial charge in [-0.2, -0.15) is 4.98 Å². The van der Waals surface area contributed by atoms with Gasteiger partial charge >= 0.3 is 0 Å². The Kier molecular flexibility index (Phi) is 5.04. The summed E-state index contributed by atoms with van der Waals surface area (Å²) in [4.78, 5) is 19.4. The number of pyridine rings is 2. The summed E-state index contributed by atoms with van der Waals surface area (Å²) in [5, 5.41) is 2.27. The fourth-order valence-electron chi connectivity index (χ4n) is 5.13. The second-order valence-electron chi connectivity index (χ2n) is 8.74. The molecular formula is C25H27N5S. The van der Waals surface area contributed by atoms with Crippen molar-refractivity contribution in [1.29, 1.82) is 0 Å². The molecule has 4 aromatic rings. The molecule has 0 unspecified atom stereocenters. The first-order valence-electron chi connectivity index (χ1n) is 11.4. The Balaban J connectivity index is 1.24. The Morgan fingerprint density at radius 1 is 0.903 bits per heavy atom. The number of likely N-dealkylation sites (tertiary alicyclic amines) is 1. The molecule has 0 atom stereocenters. The van der Waals surface area contributed by atoms with Crippen LogP contribution in [0.3, 0.4) is 0 Å². The van der Waals surface area contributed by atoms with Crippen molar-refractivity contribution >= 4 is 37.7 Å². The van der Waals surface area contributed by atoms with Crippen LogP contribution in [-0.2, 0) is 0 Å². The van der Waals surface area contributed by atoms with Gasteiger partial charge in [-0.05, 0) is 50.9 Å². The highest BCUT2D eigenvalue weighted by molar-refractivity contribution is 7.22. The first-order valence-corrected chi connectivity index (χ1v) is 12.3. The Labute approximate surface area is 186 Å². The van der Waals surface area contributed by atoms with E-state index < -0.39 is 0 Å². The van der Waals surface area contributed by atoms with Crippen LogP contribution in [0.4, 0.5) is 5.13 Å². The number of benzene rings is 1. The van der Waals surface area contributed by atoms with Crippen molar-refractivity contribution in [3.8, 4) is 11.1 Å². The average molecular weight is 430 g/mol. The summed E-state index contributed by atoms with van der Waals surface area (Å²) in [6.07, 6.45) is 10.4. The summed E-state index contributed by atoms with van der Waals surface area (Å²) in [7, 11) is 0. The second-order valence-corrected chi connectivity index (χ2v) is 9.75. The number of fused-ring (bicyclic) bond motifs is 2. The van der Waals surface area contributed by atoms with Crippen LogP contribution in [0.15, 0.2) is 48.8 Å². The maximum absolute atomic E-state index is 4.88. The van der Waals surface area contributed by atoms with Crippen molar-refractivity contribution in [2.75, 3.05) is 31.1 Å². The van der Waals surface area contributed by atoms with Gasteiger partial charge in [-0.3, -0.25) is 4.98 Å². The smallest absolute Gasteiger partial charge is 0.188 e. The second kappa shape index (κ2) is 8.17. The minimum atomic E-state index is 0.759. The highest BCUT2D eigenvalue weighted by Gasteiger charge is 2.27. The molecule has 3 aromatic heterocycles. The number of nitrogens with zero attached hydrogens (tertiary/aromatic N) is 5. The zero-order valence-corrected chi connectivity index (χ0v) is 18.5. The van der Waals surface area contributed by atoms with E-state index in [0.29, 0.717) is 0 Å². The van der Waals surface area contributed by atoms with Crippen molar-refractivity contribution in [2.24, 2.45) is 0 Å². The van der Waals surface area contributed by atoms with Crippen molar-refractivity contribution in [3.63, 3.8) is 0 Å². The summed E-state index contributed by atoms with van der Waals surface area (Å²) in [5.74, 6) is 0. The van der Waals surface area contributed by atoms with E-state index in [1.807, 2.05) is 18.5 Å². The van der Waals surface area contributed by atoms with E-state index in [4.69, 9.17) is 9.97 Å². The van der Waals surface area contributed by atoms with E-state index in [1.165, 1.54) is 45.2 Å². The van der Waals surface area contributed by atoms with Crippen LogP contribution in [0, 0.1) is 0 Å². The van der Waals surface area contributed by atoms with Gasteiger partial charge in [0.15, 0.2) is 10.8 Å². The standard InChI is InChI=1S/C25H27N5S/c1-2-12-29(13-3-1)20-9-14-30(15-10-20)25-28-24-22(31-25)16-19(17-27-24)21-8-4-6-18-7-5-11-26-23(18)21/h4-8,11,16-17,20H,1-3,9-10,12-15H2. The van der Waals surface area contributed by atoms with Gasteiger partial charge in [0.2, 0.25) is 0 Å². The molecule has 2 aliphatic heterocycles. The van der Waals surface area contributed by atoms with E-state index in [0.717, 1.165) is 56.6 Å². The Hall–Kier alpha value is -2.57. The zero-order valence-electron chi connectivity index (χ0n) is 17.7. The first-order chi connectivity index (χ1) is 15.3. The van der Waals surface area contributed by atoms with Crippen molar-refractivity contribution in [3.05, 3.63) is 48.8 Å². The number of para-hydroxylation sites is 1. The minimum Gasteiger partial charge on any atom is -0.348 e. The molecule has 0 N–H and O–H groups in total. The summed E-state index contributed by atoms with van der Waals surface area (Å²) >= 11 is 1.77. The van der Waals surface area contributed by atoms with Gasteiger partial charge in [0.05, 0.1) is 10.2 Å². The molecule has 2 fully saturated rings. The lowest BCUT2D eigenvalue weighted by atomic mass is 10.0. The predicted octanol–water partition coefficient (Wildman–Crippen LogP) is 5.36. The van der Waals surface area contributed by atoms with Crippen molar-refractivity contribution < 1.29 is 0 Å². The molecule has 5 nitrogen and oxygen atoms in total. The molecule has 1 aromatic carbocycles. The zero-order chi connectivity index (χ0) is 20.6. The molecule has 0 spiro atoms. The Bertz CT molecular complexity index is 1200.